The number of ketones is 2. The highest BCUT2D eigenvalue weighted by molar-refractivity contribution is 6.30. The molecule has 7 heteroatoms. The summed E-state index contributed by atoms with van der Waals surface area (Å²) >= 11 is 5.97. The van der Waals surface area contributed by atoms with Crippen molar-refractivity contribution in [2.75, 3.05) is 6.54 Å². The van der Waals surface area contributed by atoms with E-state index in [1.807, 2.05) is 76.2 Å². The number of nitrogens with zero attached hydrogens (tertiary/aromatic N) is 1. The van der Waals surface area contributed by atoms with Crippen LogP contribution in [0.4, 0.5) is 0 Å². The molecule has 3 aliphatic rings. The van der Waals surface area contributed by atoms with Gasteiger partial charge >= 0.3 is 5.97 Å². The van der Waals surface area contributed by atoms with E-state index in [9.17, 15) is 19.5 Å². The standard InChI is InChI=1S/C32H34ClNO5/c1-31(2)13-23-29(25(35)15-31)28(30-24(34(23)17-27(37)38)14-32(3,4)16-26(30)36)20-7-11-22(12-8-20)39-18-19-5-9-21(33)10-6-19/h5-12,28H,13-18H2,1-4H3,(H,37,38). The van der Waals surface area contributed by atoms with Gasteiger partial charge in [-0.25, -0.2) is 0 Å². The molecule has 0 fully saturated rings. The number of Topliss-reactive ketones (excluding diaryl/α,β-unsaturated/α-hetero) is 2. The van der Waals surface area contributed by atoms with Gasteiger partial charge in [0.2, 0.25) is 0 Å². The molecule has 2 aromatic carbocycles. The van der Waals surface area contributed by atoms with Crippen LogP contribution in [0.5, 0.6) is 5.75 Å². The minimum absolute atomic E-state index is 0.0195. The minimum atomic E-state index is -0.985. The number of benzene rings is 2. The van der Waals surface area contributed by atoms with Crippen LogP contribution in [0.15, 0.2) is 71.1 Å². The van der Waals surface area contributed by atoms with Gasteiger partial charge in [0, 0.05) is 46.3 Å². The highest BCUT2D eigenvalue weighted by Crippen LogP contribution is 2.54. The van der Waals surface area contributed by atoms with Crippen LogP contribution in [0.1, 0.15) is 70.4 Å². The SMILES string of the molecule is CC1(C)CC(=O)C2=C(C1)N(CC(=O)O)C1=C(C(=O)CC(C)(C)C1)C2c1ccc(OCc2ccc(Cl)cc2)cc1. The Morgan fingerprint density at radius 3 is 1.87 bits per heavy atom. The number of carboxylic acids is 1. The first-order chi connectivity index (χ1) is 18.3. The van der Waals surface area contributed by atoms with Gasteiger partial charge in [0.25, 0.3) is 0 Å². The summed E-state index contributed by atoms with van der Waals surface area (Å²) in [7, 11) is 0. The van der Waals surface area contributed by atoms with Crippen LogP contribution in [0.25, 0.3) is 0 Å². The lowest BCUT2D eigenvalue weighted by Gasteiger charge is -2.48. The molecule has 2 aromatic rings. The summed E-state index contributed by atoms with van der Waals surface area (Å²) in [6.07, 6.45) is 1.86. The summed E-state index contributed by atoms with van der Waals surface area (Å²) in [6.45, 7) is 8.26. The Labute approximate surface area is 234 Å². The Hall–Kier alpha value is -3.38. The third-order valence-electron chi connectivity index (χ3n) is 7.85. The number of allylic oxidation sites excluding steroid dienone is 4. The Kier molecular flexibility index (Phi) is 6.96. The number of halogens is 1. The third-order valence-corrected chi connectivity index (χ3v) is 8.10. The zero-order chi connectivity index (χ0) is 28.1. The van der Waals surface area contributed by atoms with E-state index in [-0.39, 0.29) is 28.9 Å². The van der Waals surface area contributed by atoms with Crippen LogP contribution in [0.2, 0.25) is 5.02 Å². The van der Waals surface area contributed by atoms with Gasteiger partial charge in [-0.1, -0.05) is 63.6 Å². The molecule has 0 aromatic heterocycles. The quantitative estimate of drug-likeness (QED) is 0.434. The zero-order valence-electron chi connectivity index (χ0n) is 22.8. The normalized spacial score (nSPS) is 20.6. The molecule has 0 spiro atoms. The van der Waals surface area contributed by atoms with Crippen LogP contribution in [0, 0.1) is 10.8 Å². The molecule has 0 saturated carbocycles. The number of rotatable bonds is 6. The van der Waals surface area contributed by atoms with E-state index >= 15 is 0 Å². The largest absolute Gasteiger partial charge is 0.489 e. The minimum Gasteiger partial charge on any atom is -0.489 e. The molecule has 1 heterocycles. The molecular weight excluding hydrogens is 514 g/mol. The summed E-state index contributed by atoms with van der Waals surface area (Å²) in [5.41, 5.74) is 3.85. The second kappa shape index (κ2) is 9.98. The summed E-state index contributed by atoms with van der Waals surface area (Å²) in [5, 5.41) is 10.5. The number of hydrogen-bond donors (Lipinski definition) is 1. The molecule has 0 amide bonds. The van der Waals surface area contributed by atoms with E-state index in [0.29, 0.717) is 54.2 Å². The molecule has 0 saturated heterocycles. The van der Waals surface area contributed by atoms with Gasteiger partial charge in [-0.05, 0) is 59.1 Å². The summed E-state index contributed by atoms with van der Waals surface area (Å²) in [4.78, 5) is 41.2. The first kappa shape index (κ1) is 27.2. The highest BCUT2D eigenvalue weighted by Gasteiger charge is 2.49. The van der Waals surface area contributed by atoms with E-state index in [1.54, 1.807) is 4.90 Å². The Balaban J connectivity index is 1.57. The fourth-order valence-corrected chi connectivity index (χ4v) is 6.34. The molecule has 1 N–H and O–H groups in total. The van der Waals surface area contributed by atoms with Crippen LogP contribution in [0.3, 0.4) is 0 Å². The van der Waals surface area contributed by atoms with E-state index < -0.39 is 11.9 Å². The molecular formula is C32H34ClNO5. The second-order valence-electron chi connectivity index (χ2n) is 12.5. The van der Waals surface area contributed by atoms with E-state index in [2.05, 4.69) is 0 Å². The number of carbonyl (C=O) groups is 3. The van der Waals surface area contributed by atoms with Crippen molar-refractivity contribution in [3.8, 4) is 5.75 Å². The second-order valence-corrected chi connectivity index (χ2v) is 12.9. The van der Waals surface area contributed by atoms with Gasteiger partial charge in [-0.2, -0.15) is 0 Å². The number of carboxylic acid groups (broad SMARTS) is 1. The first-order valence-corrected chi connectivity index (χ1v) is 13.7. The maximum Gasteiger partial charge on any atom is 0.323 e. The molecule has 204 valence electrons. The predicted octanol–water partition coefficient (Wildman–Crippen LogP) is 6.69. The summed E-state index contributed by atoms with van der Waals surface area (Å²) < 4.78 is 5.97. The molecule has 6 nitrogen and oxygen atoms in total. The van der Waals surface area contributed by atoms with E-state index in [1.165, 1.54) is 0 Å². The first-order valence-electron chi connectivity index (χ1n) is 13.3. The lowest BCUT2D eigenvalue weighted by molar-refractivity contribution is -0.138. The summed E-state index contributed by atoms with van der Waals surface area (Å²) in [6, 6.07) is 15.0. The van der Waals surface area contributed by atoms with Crippen LogP contribution >= 0.6 is 11.6 Å². The summed E-state index contributed by atoms with van der Waals surface area (Å²) in [5.74, 6) is -0.867. The molecule has 0 unspecified atom stereocenters. The van der Waals surface area contributed by atoms with E-state index in [4.69, 9.17) is 16.3 Å². The number of carbonyl (C=O) groups excluding carboxylic acids is 2. The monoisotopic (exact) mass is 547 g/mol. The van der Waals surface area contributed by atoms with Crippen molar-refractivity contribution in [3.05, 3.63) is 87.2 Å². The van der Waals surface area contributed by atoms with E-state index in [0.717, 1.165) is 22.5 Å². The third kappa shape index (κ3) is 5.53. The van der Waals surface area contributed by atoms with Gasteiger partial charge in [0.15, 0.2) is 11.6 Å². The molecule has 5 rings (SSSR count). The number of aliphatic carboxylic acids is 1. The smallest absolute Gasteiger partial charge is 0.323 e. The van der Waals surface area contributed by atoms with Crippen LogP contribution in [-0.4, -0.2) is 34.1 Å². The van der Waals surface area contributed by atoms with Crippen molar-refractivity contribution >= 4 is 29.1 Å². The number of ether oxygens (including phenoxy) is 1. The van der Waals surface area contributed by atoms with Gasteiger partial charge in [-0.15, -0.1) is 0 Å². The van der Waals surface area contributed by atoms with Gasteiger partial charge in [0.05, 0.1) is 0 Å². The lowest BCUT2D eigenvalue weighted by atomic mass is 9.63. The Morgan fingerprint density at radius 2 is 1.38 bits per heavy atom. The van der Waals surface area contributed by atoms with Crippen LogP contribution in [-0.2, 0) is 21.0 Å². The van der Waals surface area contributed by atoms with Crippen molar-refractivity contribution in [1.82, 2.24) is 4.90 Å². The van der Waals surface area contributed by atoms with Crippen molar-refractivity contribution in [3.63, 3.8) is 0 Å². The van der Waals surface area contributed by atoms with Crippen LogP contribution < -0.4 is 4.74 Å². The Morgan fingerprint density at radius 1 is 0.872 bits per heavy atom. The molecule has 0 bridgehead atoms. The average molecular weight is 548 g/mol. The molecule has 1 aliphatic heterocycles. The molecule has 0 atom stereocenters. The van der Waals surface area contributed by atoms with Gasteiger partial charge in [-0.3, -0.25) is 14.4 Å². The fourth-order valence-electron chi connectivity index (χ4n) is 6.21. The van der Waals surface area contributed by atoms with Gasteiger partial charge in [0.1, 0.15) is 18.9 Å². The molecule has 2 aliphatic carbocycles. The fraction of sp³-hybridized carbons (Fsp3) is 0.406. The number of hydrogen-bond acceptors (Lipinski definition) is 5. The zero-order valence-corrected chi connectivity index (χ0v) is 23.6. The van der Waals surface area contributed by atoms with Gasteiger partial charge < -0.3 is 14.7 Å². The maximum atomic E-state index is 13.7. The lowest BCUT2D eigenvalue weighted by Crippen LogP contribution is -2.45. The highest BCUT2D eigenvalue weighted by atomic mass is 35.5. The van der Waals surface area contributed by atoms with Crippen molar-refractivity contribution in [1.29, 1.82) is 0 Å². The van der Waals surface area contributed by atoms with Crippen molar-refractivity contribution in [2.45, 2.75) is 65.9 Å². The maximum absolute atomic E-state index is 13.7. The van der Waals surface area contributed by atoms with Crippen molar-refractivity contribution in [2.24, 2.45) is 10.8 Å². The van der Waals surface area contributed by atoms with Crippen molar-refractivity contribution < 1.29 is 24.2 Å². The predicted molar refractivity (Wildman–Crippen MR) is 149 cm³/mol. The average Bonchev–Trinajstić information content (AvgIpc) is 2.83. The Bertz CT molecular complexity index is 1350. The topological polar surface area (TPSA) is 83.9 Å². The molecule has 39 heavy (non-hydrogen) atoms. The molecule has 0 radical (unpaired) electrons.